The third-order valence-corrected chi connectivity index (χ3v) is 3.07. The van der Waals surface area contributed by atoms with Crippen LogP contribution in [0.25, 0.3) is 11.4 Å². The van der Waals surface area contributed by atoms with Crippen LogP contribution in [0.2, 0.25) is 0 Å². The second-order valence-electron chi connectivity index (χ2n) is 4.80. The zero-order valence-electron chi connectivity index (χ0n) is 11.7. The van der Waals surface area contributed by atoms with Gasteiger partial charge < -0.3 is 9.72 Å². The maximum atomic E-state index is 12.1. The molecule has 0 saturated carbocycles. The summed E-state index contributed by atoms with van der Waals surface area (Å²) < 4.78 is 5.18. The van der Waals surface area contributed by atoms with E-state index in [4.69, 9.17) is 4.74 Å². The number of nitrogens with one attached hydrogen (secondary N) is 1. The van der Waals surface area contributed by atoms with Gasteiger partial charge in [-0.1, -0.05) is 26.0 Å². The van der Waals surface area contributed by atoms with Crippen molar-refractivity contribution >= 4 is 0 Å². The zero-order valence-corrected chi connectivity index (χ0v) is 11.7. The molecule has 0 aliphatic rings. The molecule has 0 aliphatic heterocycles. The van der Waals surface area contributed by atoms with Gasteiger partial charge in [0.15, 0.2) is 0 Å². The molecule has 0 unspecified atom stereocenters. The number of ether oxygens (including phenoxy) is 1. The molecule has 0 fully saturated rings. The lowest BCUT2D eigenvalue weighted by Gasteiger charge is -2.10. The van der Waals surface area contributed by atoms with Gasteiger partial charge in [-0.3, -0.25) is 4.79 Å². The molecule has 2 rings (SSSR count). The van der Waals surface area contributed by atoms with E-state index in [-0.39, 0.29) is 11.5 Å². The Labute approximate surface area is 112 Å². The van der Waals surface area contributed by atoms with E-state index in [1.165, 1.54) is 0 Å². The van der Waals surface area contributed by atoms with Crippen molar-refractivity contribution in [3.63, 3.8) is 0 Å². The first-order valence-corrected chi connectivity index (χ1v) is 6.28. The fourth-order valence-corrected chi connectivity index (χ4v) is 2.18. The lowest BCUT2D eigenvalue weighted by atomic mass is 10.0. The summed E-state index contributed by atoms with van der Waals surface area (Å²) >= 11 is 0. The second-order valence-corrected chi connectivity index (χ2v) is 4.80. The molecule has 1 heterocycles. The highest BCUT2D eigenvalue weighted by atomic mass is 16.5. The normalized spacial score (nSPS) is 10.8. The quantitative estimate of drug-likeness (QED) is 0.921. The van der Waals surface area contributed by atoms with Gasteiger partial charge in [0.1, 0.15) is 11.6 Å². The number of aryl methyl sites for hydroxylation is 1. The van der Waals surface area contributed by atoms with E-state index >= 15 is 0 Å². The Hall–Kier alpha value is -2.10. The van der Waals surface area contributed by atoms with Crippen LogP contribution in [-0.4, -0.2) is 17.1 Å². The number of methoxy groups -OCH3 is 1. The van der Waals surface area contributed by atoms with Gasteiger partial charge in [0.05, 0.1) is 7.11 Å². The molecule has 0 bridgehead atoms. The predicted molar refractivity (Wildman–Crippen MR) is 75.7 cm³/mol. The topological polar surface area (TPSA) is 55.0 Å². The molecule has 0 amide bonds. The third-order valence-electron chi connectivity index (χ3n) is 3.07. The molecule has 0 atom stereocenters. The summed E-state index contributed by atoms with van der Waals surface area (Å²) in [5.41, 5.74) is 2.29. The van der Waals surface area contributed by atoms with Gasteiger partial charge in [-0.25, -0.2) is 4.98 Å². The van der Waals surface area contributed by atoms with Crippen LogP contribution >= 0.6 is 0 Å². The first-order valence-electron chi connectivity index (χ1n) is 6.28. The molecule has 0 aliphatic carbocycles. The Balaban J connectivity index is 2.55. The molecule has 1 aromatic heterocycles. The van der Waals surface area contributed by atoms with Crippen molar-refractivity contribution < 1.29 is 4.74 Å². The van der Waals surface area contributed by atoms with E-state index in [2.05, 4.69) is 9.97 Å². The van der Waals surface area contributed by atoms with Crippen molar-refractivity contribution in [2.45, 2.75) is 26.7 Å². The molecule has 4 heteroatoms. The molecular formula is C15H18N2O2. The average Bonchev–Trinajstić information content (AvgIpc) is 2.37. The third kappa shape index (κ3) is 2.67. The van der Waals surface area contributed by atoms with Crippen LogP contribution in [0.4, 0.5) is 0 Å². The first kappa shape index (κ1) is 13.3. The minimum Gasteiger partial charge on any atom is -0.497 e. The summed E-state index contributed by atoms with van der Waals surface area (Å²) in [7, 11) is 1.61. The molecule has 4 nitrogen and oxygen atoms in total. The van der Waals surface area contributed by atoms with Crippen LogP contribution in [0.3, 0.4) is 0 Å². The maximum absolute atomic E-state index is 12.1. The van der Waals surface area contributed by atoms with E-state index in [1.54, 1.807) is 7.11 Å². The summed E-state index contributed by atoms with van der Waals surface area (Å²) in [6, 6.07) is 7.48. The van der Waals surface area contributed by atoms with Gasteiger partial charge in [0.2, 0.25) is 0 Å². The van der Waals surface area contributed by atoms with Crippen molar-refractivity contribution in [2.24, 2.45) is 0 Å². The van der Waals surface area contributed by atoms with Crippen LogP contribution in [0.1, 0.15) is 31.0 Å². The van der Waals surface area contributed by atoms with Crippen molar-refractivity contribution in [1.82, 2.24) is 9.97 Å². The van der Waals surface area contributed by atoms with Crippen LogP contribution in [0.15, 0.2) is 29.1 Å². The first-order chi connectivity index (χ1) is 9.02. The lowest BCUT2D eigenvalue weighted by Crippen LogP contribution is -2.18. The van der Waals surface area contributed by atoms with Crippen LogP contribution in [0.5, 0.6) is 5.75 Å². The molecule has 0 saturated heterocycles. The van der Waals surface area contributed by atoms with E-state index in [0.717, 1.165) is 22.6 Å². The highest BCUT2D eigenvalue weighted by Gasteiger charge is 2.12. The lowest BCUT2D eigenvalue weighted by molar-refractivity contribution is 0.415. The highest BCUT2D eigenvalue weighted by molar-refractivity contribution is 5.57. The molecular weight excluding hydrogens is 240 g/mol. The summed E-state index contributed by atoms with van der Waals surface area (Å²) in [6.07, 6.45) is 0. The number of hydrogen-bond donors (Lipinski definition) is 1. The van der Waals surface area contributed by atoms with E-state index < -0.39 is 0 Å². The van der Waals surface area contributed by atoms with E-state index in [0.29, 0.717) is 5.82 Å². The van der Waals surface area contributed by atoms with Gasteiger partial charge in [0.25, 0.3) is 5.56 Å². The number of benzene rings is 1. The Morgan fingerprint density at radius 2 is 2.05 bits per heavy atom. The number of H-pyrrole nitrogens is 1. The molecule has 0 spiro atoms. The van der Waals surface area contributed by atoms with Gasteiger partial charge in [0, 0.05) is 16.8 Å². The summed E-state index contributed by atoms with van der Waals surface area (Å²) in [6.45, 7) is 5.85. The zero-order chi connectivity index (χ0) is 14.0. The van der Waals surface area contributed by atoms with E-state index in [1.807, 2.05) is 45.0 Å². The molecule has 0 radical (unpaired) electrons. The molecule has 1 aromatic carbocycles. The molecule has 100 valence electrons. The minimum absolute atomic E-state index is 0.0691. The Morgan fingerprint density at radius 3 is 2.63 bits per heavy atom. The van der Waals surface area contributed by atoms with Gasteiger partial charge in [-0.05, 0) is 25.0 Å². The van der Waals surface area contributed by atoms with Crippen LogP contribution in [-0.2, 0) is 0 Å². The molecule has 1 N–H and O–H groups in total. The van der Waals surface area contributed by atoms with Gasteiger partial charge in [-0.2, -0.15) is 0 Å². The monoisotopic (exact) mass is 258 g/mol. The Bertz CT molecular complexity index is 645. The Morgan fingerprint density at radius 1 is 1.32 bits per heavy atom. The second kappa shape index (κ2) is 5.26. The standard InChI is InChI=1S/C15H18N2O2/c1-9(2)13-10(3)16-14(17-15(13)18)11-6-5-7-12(8-11)19-4/h5-9H,1-4H3,(H,16,17,18). The number of aromatic amines is 1. The minimum atomic E-state index is -0.0691. The van der Waals surface area contributed by atoms with Crippen molar-refractivity contribution in [1.29, 1.82) is 0 Å². The number of rotatable bonds is 3. The predicted octanol–water partition coefficient (Wildman–Crippen LogP) is 2.88. The summed E-state index contributed by atoms with van der Waals surface area (Å²) in [4.78, 5) is 19.4. The van der Waals surface area contributed by atoms with Crippen molar-refractivity contribution in [3.05, 3.63) is 45.9 Å². The summed E-state index contributed by atoms with van der Waals surface area (Å²) in [5.74, 6) is 1.48. The van der Waals surface area contributed by atoms with Crippen LogP contribution in [0, 0.1) is 6.92 Å². The van der Waals surface area contributed by atoms with Gasteiger partial charge >= 0.3 is 0 Å². The smallest absolute Gasteiger partial charge is 0.254 e. The number of hydrogen-bond acceptors (Lipinski definition) is 3. The maximum Gasteiger partial charge on any atom is 0.254 e. The Kier molecular flexibility index (Phi) is 3.69. The average molecular weight is 258 g/mol. The fraction of sp³-hybridized carbons (Fsp3) is 0.333. The van der Waals surface area contributed by atoms with Crippen molar-refractivity contribution in [2.75, 3.05) is 7.11 Å². The number of aromatic nitrogens is 2. The largest absolute Gasteiger partial charge is 0.497 e. The van der Waals surface area contributed by atoms with Crippen LogP contribution < -0.4 is 10.3 Å². The fourth-order valence-electron chi connectivity index (χ4n) is 2.18. The SMILES string of the molecule is COc1cccc(-c2nc(C)c(C(C)C)c(=O)[nH]2)c1. The van der Waals surface area contributed by atoms with Crippen molar-refractivity contribution in [3.8, 4) is 17.1 Å². The summed E-state index contributed by atoms with van der Waals surface area (Å²) in [5, 5.41) is 0. The highest BCUT2D eigenvalue weighted by Crippen LogP contribution is 2.21. The molecule has 19 heavy (non-hydrogen) atoms. The number of nitrogens with zero attached hydrogens (tertiary/aromatic N) is 1. The van der Waals surface area contributed by atoms with E-state index in [9.17, 15) is 4.79 Å². The molecule has 2 aromatic rings. The van der Waals surface area contributed by atoms with Gasteiger partial charge in [-0.15, -0.1) is 0 Å².